The molecule has 0 bridgehead atoms. The van der Waals surface area contributed by atoms with Gasteiger partial charge in [0, 0.05) is 11.6 Å². The van der Waals surface area contributed by atoms with Gasteiger partial charge >= 0.3 is 12.4 Å². The second kappa shape index (κ2) is 17.0. The van der Waals surface area contributed by atoms with Crippen LogP contribution in [0.2, 0.25) is 0 Å². The van der Waals surface area contributed by atoms with Gasteiger partial charge in [0.15, 0.2) is 0 Å². The zero-order valence-corrected chi connectivity index (χ0v) is 20.6. The van der Waals surface area contributed by atoms with Crippen molar-refractivity contribution in [3.63, 3.8) is 0 Å². The van der Waals surface area contributed by atoms with E-state index in [9.17, 15) is 26.3 Å². The molecule has 0 heterocycles. The maximum Gasteiger partial charge on any atom is 0.390 e. The highest BCUT2D eigenvalue weighted by Gasteiger charge is 2.48. The largest absolute Gasteiger partial charge is 0.390 e. The molecule has 0 aromatic carbocycles. The zero-order chi connectivity index (χ0) is 24.5. The van der Waals surface area contributed by atoms with E-state index in [1.54, 1.807) is 13.8 Å². The summed E-state index contributed by atoms with van der Waals surface area (Å²) in [6.45, 7) is 5.40. The molecule has 0 amide bonds. The minimum atomic E-state index is -4.64. The number of nitrogens with one attached hydrogen (secondary N) is 1. The monoisotopic (exact) mass is 475 g/mol. The Morgan fingerprint density at radius 1 is 0.531 bits per heavy atom. The van der Waals surface area contributed by atoms with Gasteiger partial charge in [-0.15, -0.1) is 0 Å². The maximum atomic E-state index is 13.1. The van der Waals surface area contributed by atoms with Gasteiger partial charge in [-0.2, -0.15) is 26.3 Å². The number of hydrogen-bond donors (Lipinski definition) is 1. The van der Waals surface area contributed by atoms with E-state index in [0.29, 0.717) is 12.8 Å². The van der Waals surface area contributed by atoms with E-state index < -0.39 is 36.8 Å². The van der Waals surface area contributed by atoms with Gasteiger partial charge in [0.1, 0.15) is 0 Å². The van der Waals surface area contributed by atoms with Crippen LogP contribution in [-0.4, -0.2) is 23.9 Å². The molecule has 0 atom stereocenters. The van der Waals surface area contributed by atoms with E-state index in [4.69, 9.17) is 0 Å². The van der Waals surface area contributed by atoms with Crippen molar-refractivity contribution in [2.45, 2.75) is 160 Å². The minimum absolute atomic E-state index is 0.109. The molecule has 0 saturated carbocycles. The Balaban J connectivity index is 4.10. The molecule has 1 N–H and O–H groups in total. The summed E-state index contributed by atoms with van der Waals surface area (Å²) in [5.41, 5.74) is -1.97. The normalized spacial score (nSPS) is 13.3. The van der Waals surface area contributed by atoms with Crippen molar-refractivity contribution in [3.05, 3.63) is 0 Å². The molecule has 0 aliphatic carbocycles. The molecule has 32 heavy (non-hydrogen) atoms. The van der Waals surface area contributed by atoms with Crippen molar-refractivity contribution in [3.8, 4) is 0 Å². The van der Waals surface area contributed by atoms with Crippen molar-refractivity contribution in [1.29, 1.82) is 0 Å². The first-order valence-corrected chi connectivity index (χ1v) is 12.8. The molecule has 0 radical (unpaired) electrons. The fourth-order valence-corrected chi connectivity index (χ4v) is 4.63. The molecule has 0 fully saturated rings. The Morgan fingerprint density at radius 3 is 1.12 bits per heavy atom. The maximum absolute atomic E-state index is 13.1. The molecule has 0 aliphatic heterocycles. The summed E-state index contributed by atoms with van der Waals surface area (Å²) in [6.07, 6.45) is 4.60. The lowest BCUT2D eigenvalue weighted by Crippen LogP contribution is -2.53. The molecule has 0 aromatic rings. The Labute approximate surface area is 192 Å². The summed E-state index contributed by atoms with van der Waals surface area (Å²) in [4.78, 5) is 0. The SMILES string of the molecule is CCCCCCCCCCCCCCCCCC(CC(F)(F)F)(CC(F)(F)F)NC(C)C. The topological polar surface area (TPSA) is 12.0 Å². The first-order valence-electron chi connectivity index (χ1n) is 12.8. The summed E-state index contributed by atoms with van der Waals surface area (Å²) in [5, 5.41) is 2.62. The summed E-state index contributed by atoms with van der Waals surface area (Å²) < 4.78 is 78.4. The van der Waals surface area contributed by atoms with Crippen molar-refractivity contribution in [2.24, 2.45) is 0 Å². The molecule has 0 unspecified atom stereocenters. The number of rotatable bonds is 20. The summed E-state index contributed by atoms with van der Waals surface area (Å²) in [7, 11) is 0. The van der Waals surface area contributed by atoms with Crippen molar-refractivity contribution >= 4 is 0 Å². The Morgan fingerprint density at radius 2 is 0.844 bits per heavy atom. The molecule has 0 saturated heterocycles. The van der Waals surface area contributed by atoms with Crippen LogP contribution in [0.25, 0.3) is 0 Å². The van der Waals surface area contributed by atoms with Crippen LogP contribution in [0, 0.1) is 0 Å². The predicted octanol–water partition coefficient (Wildman–Crippen LogP) is 9.89. The number of hydrogen-bond acceptors (Lipinski definition) is 1. The quantitative estimate of drug-likeness (QED) is 0.136. The average Bonchev–Trinajstić information content (AvgIpc) is 2.61. The predicted molar refractivity (Wildman–Crippen MR) is 122 cm³/mol. The molecule has 0 rings (SSSR count). The first kappa shape index (κ1) is 31.5. The lowest BCUT2D eigenvalue weighted by atomic mass is 9.84. The Bertz CT molecular complexity index is 415. The van der Waals surface area contributed by atoms with Gasteiger partial charge in [-0.05, 0) is 6.42 Å². The van der Waals surface area contributed by atoms with Gasteiger partial charge in [-0.25, -0.2) is 0 Å². The van der Waals surface area contributed by atoms with E-state index in [2.05, 4.69) is 12.2 Å². The van der Waals surface area contributed by atoms with Gasteiger partial charge in [0.25, 0.3) is 0 Å². The van der Waals surface area contributed by atoms with Crippen molar-refractivity contribution in [1.82, 2.24) is 5.32 Å². The highest BCUT2D eigenvalue weighted by atomic mass is 19.4. The third-order valence-electron chi connectivity index (χ3n) is 5.93. The molecular weight excluding hydrogens is 428 g/mol. The van der Waals surface area contributed by atoms with E-state index >= 15 is 0 Å². The summed E-state index contributed by atoms with van der Waals surface area (Å²) in [5.74, 6) is 0. The van der Waals surface area contributed by atoms with Crippen LogP contribution in [0.4, 0.5) is 26.3 Å². The highest BCUT2D eigenvalue weighted by molar-refractivity contribution is 4.93. The van der Waals surface area contributed by atoms with Crippen LogP contribution >= 0.6 is 0 Å². The molecule has 0 spiro atoms. The van der Waals surface area contributed by atoms with Crippen LogP contribution in [-0.2, 0) is 0 Å². The van der Waals surface area contributed by atoms with E-state index in [1.807, 2.05) is 0 Å². The Hall–Kier alpha value is -0.460. The van der Waals surface area contributed by atoms with Gasteiger partial charge in [0.2, 0.25) is 0 Å². The van der Waals surface area contributed by atoms with Gasteiger partial charge in [-0.1, -0.05) is 117 Å². The number of halogens is 6. The van der Waals surface area contributed by atoms with Crippen LogP contribution in [0.5, 0.6) is 0 Å². The standard InChI is InChI=1S/C25H47F6N/c1-4-5-6-7-8-9-10-11-12-13-14-15-16-17-18-19-23(32-22(2)3,20-24(26,27)28)21-25(29,30)31/h22,32H,4-21H2,1-3H3. The number of unbranched alkanes of at least 4 members (excludes halogenated alkanes) is 14. The second-order valence-electron chi connectivity index (χ2n) is 9.86. The van der Waals surface area contributed by atoms with E-state index in [-0.39, 0.29) is 6.42 Å². The lowest BCUT2D eigenvalue weighted by Gasteiger charge is -2.38. The third kappa shape index (κ3) is 20.2. The number of alkyl halides is 6. The first-order chi connectivity index (χ1) is 14.9. The van der Waals surface area contributed by atoms with E-state index in [1.165, 1.54) is 57.8 Å². The van der Waals surface area contributed by atoms with E-state index in [0.717, 1.165) is 25.7 Å². The fraction of sp³-hybridized carbons (Fsp3) is 1.00. The molecular formula is C25H47F6N. The van der Waals surface area contributed by atoms with Gasteiger partial charge in [0.05, 0.1) is 12.8 Å². The zero-order valence-electron chi connectivity index (χ0n) is 20.6. The molecule has 7 heteroatoms. The van der Waals surface area contributed by atoms with Crippen molar-refractivity contribution in [2.75, 3.05) is 0 Å². The molecule has 194 valence electrons. The summed E-state index contributed by atoms with van der Waals surface area (Å²) in [6, 6.07) is -0.448. The second-order valence-corrected chi connectivity index (χ2v) is 9.86. The smallest absolute Gasteiger partial charge is 0.308 e. The van der Waals surface area contributed by atoms with Gasteiger partial charge in [-0.3, -0.25) is 0 Å². The molecule has 0 aliphatic rings. The molecule has 1 nitrogen and oxygen atoms in total. The third-order valence-corrected chi connectivity index (χ3v) is 5.93. The fourth-order valence-electron chi connectivity index (χ4n) is 4.63. The van der Waals surface area contributed by atoms with Crippen LogP contribution in [0.1, 0.15) is 136 Å². The minimum Gasteiger partial charge on any atom is -0.308 e. The van der Waals surface area contributed by atoms with Crippen LogP contribution in [0.3, 0.4) is 0 Å². The Kier molecular flexibility index (Phi) is 16.8. The molecule has 0 aromatic heterocycles. The van der Waals surface area contributed by atoms with Crippen LogP contribution in [0.15, 0.2) is 0 Å². The van der Waals surface area contributed by atoms with Gasteiger partial charge < -0.3 is 5.32 Å². The average molecular weight is 476 g/mol. The summed E-state index contributed by atoms with van der Waals surface area (Å²) >= 11 is 0. The lowest BCUT2D eigenvalue weighted by molar-refractivity contribution is -0.184. The highest BCUT2D eigenvalue weighted by Crippen LogP contribution is 2.39. The van der Waals surface area contributed by atoms with Crippen molar-refractivity contribution < 1.29 is 26.3 Å². The van der Waals surface area contributed by atoms with Crippen LogP contribution < -0.4 is 5.32 Å².